The fourth-order valence-electron chi connectivity index (χ4n) is 1.30. The predicted molar refractivity (Wildman–Crippen MR) is 61.1 cm³/mol. The SMILES string of the molecule is CCO[SiH](CCC(C)OC(C)=O)OCC. The summed E-state index contributed by atoms with van der Waals surface area (Å²) >= 11 is 0. The van der Waals surface area contributed by atoms with Gasteiger partial charge in [-0.15, -0.1) is 0 Å². The van der Waals surface area contributed by atoms with Crippen LogP contribution >= 0.6 is 0 Å². The zero-order valence-corrected chi connectivity index (χ0v) is 11.3. The first-order valence-corrected chi connectivity index (χ1v) is 7.26. The lowest BCUT2D eigenvalue weighted by atomic mass is 10.3. The zero-order chi connectivity index (χ0) is 11.7. The van der Waals surface area contributed by atoms with Crippen molar-refractivity contribution in [1.29, 1.82) is 0 Å². The summed E-state index contributed by atoms with van der Waals surface area (Å²) in [6, 6.07) is 0.885. The van der Waals surface area contributed by atoms with Crippen molar-refractivity contribution in [2.75, 3.05) is 13.2 Å². The van der Waals surface area contributed by atoms with Gasteiger partial charge in [-0.3, -0.25) is 4.79 Å². The van der Waals surface area contributed by atoms with Gasteiger partial charge in [0.15, 0.2) is 0 Å². The number of carbonyl (C=O) groups is 1. The largest absolute Gasteiger partial charge is 0.463 e. The number of hydrogen-bond acceptors (Lipinski definition) is 4. The molecular formula is C10H22O4Si. The van der Waals surface area contributed by atoms with E-state index in [-0.39, 0.29) is 12.1 Å². The third kappa shape index (κ3) is 8.59. The van der Waals surface area contributed by atoms with Gasteiger partial charge in [0.25, 0.3) is 0 Å². The maximum absolute atomic E-state index is 10.7. The van der Waals surface area contributed by atoms with Crippen LogP contribution in [0.5, 0.6) is 0 Å². The number of rotatable bonds is 8. The molecule has 0 fully saturated rings. The van der Waals surface area contributed by atoms with Crippen molar-refractivity contribution in [1.82, 2.24) is 0 Å². The highest BCUT2D eigenvalue weighted by molar-refractivity contribution is 6.44. The van der Waals surface area contributed by atoms with Crippen molar-refractivity contribution in [3.05, 3.63) is 0 Å². The molecule has 0 rings (SSSR count). The number of hydrogen-bond donors (Lipinski definition) is 0. The van der Waals surface area contributed by atoms with Crippen molar-refractivity contribution in [2.45, 2.75) is 46.3 Å². The molecule has 0 aromatic carbocycles. The Labute approximate surface area is 93.8 Å². The second kappa shape index (κ2) is 8.88. The van der Waals surface area contributed by atoms with E-state index in [0.29, 0.717) is 13.2 Å². The van der Waals surface area contributed by atoms with E-state index in [4.69, 9.17) is 13.6 Å². The zero-order valence-electron chi connectivity index (χ0n) is 10.1. The predicted octanol–water partition coefficient (Wildman–Crippen LogP) is 1.62. The molecule has 0 saturated carbocycles. The van der Waals surface area contributed by atoms with Crippen molar-refractivity contribution in [3.8, 4) is 0 Å². The minimum atomic E-state index is -1.53. The van der Waals surface area contributed by atoms with Crippen molar-refractivity contribution < 1.29 is 18.4 Å². The second-order valence-corrected chi connectivity index (χ2v) is 5.44. The van der Waals surface area contributed by atoms with Crippen LogP contribution in [0.3, 0.4) is 0 Å². The summed E-state index contributed by atoms with van der Waals surface area (Å²) in [7, 11) is -1.53. The molecule has 0 aliphatic carbocycles. The molecule has 1 atom stereocenters. The van der Waals surface area contributed by atoms with Crippen LogP contribution in [0.25, 0.3) is 0 Å². The van der Waals surface area contributed by atoms with Gasteiger partial charge in [-0.05, 0) is 33.2 Å². The minimum absolute atomic E-state index is 0.0431. The molecule has 4 nitrogen and oxygen atoms in total. The average Bonchev–Trinajstić information content (AvgIpc) is 2.14. The standard InChI is InChI=1S/C10H22O4Si/c1-5-12-15(13-6-2)8-7-9(3)14-10(4)11/h9,15H,5-8H2,1-4H3. The lowest BCUT2D eigenvalue weighted by Gasteiger charge is -2.17. The Hall–Kier alpha value is -0.393. The summed E-state index contributed by atoms with van der Waals surface area (Å²) in [5, 5.41) is 0. The van der Waals surface area contributed by atoms with Crippen LogP contribution in [0.2, 0.25) is 6.04 Å². The van der Waals surface area contributed by atoms with Crippen LogP contribution < -0.4 is 0 Å². The van der Waals surface area contributed by atoms with Gasteiger partial charge in [0, 0.05) is 20.1 Å². The van der Waals surface area contributed by atoms with E-state index < -0.39 is 9.28 Å². The molecule has 5 heteroatoms. The molecule has 0 N–H and O–H groups in total. The molecule has 15 heavy (non-hydrogen) atoms. The number of carbonyl (C=O) groups excluding carboxylic acids is 1. The van der Waals surface area contributed by atoms with Crippen LogP contribution in [0.15, 0.2) is 0 Å². The maximum atomic E-state index is 10.7. The topological polar surface area (TPSA) is 44.8 Å². The van der Waals surface area contributed by atoms with E-state index >= 15 is 0 Å². The molecule has 90 valence electrons. The highest BCUT2D eigenvalue weighted by Gasteiger charge is 2.15. The van der Waals surface area contributed by atoms with Crippen molar-refractivity contribution >= 4 is 15.3 Å². The highest BCUT2D eigenvalue weighted by Crippen LogP contribution is 2.07. The van der Waals surface area contributed by atoms with Gasteiger partial charge < -0.3 is 13.6 Å². The highest BCUT2D eigenvalue weighted by atomic mass is 28.3. The number of ether oxygens (including phenoxy) is 1. The van der Waals surface area contributed by atoms with Crippen molar-refractivity contribution in [3.63, 3.8) is 0 Å². The first-order valence-electron chi connectivity index (χ1n) is 5.50. The quantitative estimate of drug-likeness (QED) is 0.473. The molecule has 0 aromatic heterocycles. The molecule has 0 aliphatic rings. The van der Waals surface area contributed by atoms with E-state index in [1.807, 2.05) is 20.8 Å². The van der Waals surface area contributed by atoms with Gasteiger partial charge in [-0.2, -0.15) is 0 Å². The smallest absolute Gasteiger partial charge is 0.321 e. The first kappa shape index (κ1) is 14.6. The first-order chi connectivity index (χ1) is 7.10. The molecule has 0 spiro atoms. The Morgan fingerprint density at radius 3 is 2.20 bits per heavy atom. The summed E-state index contributed by atoms with van der Waals surface area (Å²) in [5.41, 5.74) is 0. The maximum Gasteiger partial charge on any atom is 0.321 e. The summed E-state index contributed by atoms with van der Waals surface area (Å²) in [6.45, 7) is 8.64. The van der Waals surface area contributed by atoms with Gasteiger partial charge in [0.1, 0.15) is 0 Å². The monoisotopic (exact) mass is 234 g/mol. The minimum Gasteiger partial charge on any atom is -0.463 e. The van der Waals surface area contributed by atoms with Gasteiger partial charge in [-0.1, -0.05) is 0 Å². The Morgan fingerprint density at radius 2 is 1.80 bits per heavy atom. The van der Waals surface area contributed by atoms with E-state index in [9.17, 15) is 4.79 Å². The van der Waals surface area contributed by atoms with Gasteiger partial charge in [-0.25, -0.2) is 0 Å². The van der Waals surface area contributed by atoms with Gasteiger partial charge in [0.2, 0.25) is 0 Å². The Kier molecular flexibility index (Phi) is 8.65. The van der Waals surface area contributed by atoms with E-state index in [0.717, 1.165) is 12.5 Å². The molecule has 0 aliphatic heterocycles. The molecule has 0 amide bonds. The molecule has 0 aromatic rings. The lowest BCUT2D eigenvalue weighted by Crippen LogP contribution is -2.25. The van der Waals surface area contributed by atoms with Gasteiger partial charge in [0.05, 0.1) is 6.10 Å². The molecule has 0 radical (unpaired) electrons. The summed E-state index contributed by atoms with van der Waals surface area (Å²) in [4.78, 5) is 10.7. The number of esters is 1. The fourth-order valence-corrected chi connectivity index (χ4v) is 3.21. The third-order valence-corrected chi connectivity index (χ3v) is 4.10. The Morgan fingerprint density at radius 1 is 1.27 bits per heavy atom. The van der Waals surface area contributed by atoms with Gasteiger partial charge >= 0.3 is 15.3 Å². The van der Waals surface area contributed by atoms with Crippen LogP contribution in [0.1, 0.15) is 34.1 Å². The summed E-state index contributed by atoms with van der Waals surface area (Å²) in [6.07, 6.45) is 0.773. The summed E-state index contributed by atoms with van der Waals surface area (Å²) in [5.74, 6) is -0.228. The van der Waals surface area contributed by atoms with E-state index in [1.165, 1.54) is 6.92 Å². The lowest BCUT2D eigenvalue weighted by molar-refractivity contribution is -0.145. The fraction of sp³-hybridized carbons (Fsp3) is 0.900. The molecule has 0 bridgehead atoms. The van der Waals surface area contributed by atoms with Crippen molar-refractivity contribution in [2.24, 2.45) is 0 Å². The van der Waals surface area contributed by atoms with Crippen LogP contribution in [-0.2, 0) is 18.4 Å². The molecule has 0 saturated heterocycles. The Balaban J connectivity index is 3.71. The molecule has 1 unspecified atom stereocenters. The average molecular weight is 234 g/mol. The van der Waals surface area contributed by atoms with Crippen LogP contribution in [0.4, 0.5) is 0 Å². The third-order valence-electron chi connectivity index (χ3n) is 1.88. The normalized spacial score (nSPS) is 12.9. The molecular weight excluding hydrogens is 212 g/mol. The second-order valence-electron chi connectivity index (χ2n) is 3.34. The Bertz CT molecular complexity index is 169. The van der Waals surface area contributed by atoms with Crippen LogP contribution in [-0.4, -0.2) is 34.6 Å². The van der Waals surface area contributed by atoms with E-state index in [2.05, 4.69) is 0 Å². The summed E-state index contributed by atoms with van der Waals surface area (Å²) < 4.78 is 16.1. The molecule has 0 heterocycles. The van der Waals surface area contributed by atoms with Crippen LogP contribution in [0, 0.1) is 0 Å². The van der Waals surface area contributed by atoms with E-state index in [1.54, 1.807) is 0 Å².